The third-order valence-electron chi connectivity index (χ3n) is 4.67. The van der Waals surface area contributed by atoms with Gasteiger partial charge in [-0.3, -0.25) is 9.59 Å². The van der Waals surface area contributed by atoms with Crippen molar-refractivity contribution in [2.24, 2.45) is 5.90 Å². The van der Waals surface area contributed by atoms with Gasteiger partial charge in [-0.25, -0.2) is 5.90 Å². The van der Waals surface area contributed by atoms with Crippen LogP contribution in [0.3, 0.4) is 0 Å². The number of hydrogen-bond acceptors (Lipinski definition) is 5. The minimum atomic E-state index is -1.01. The quantitative estimate of drug-likeness (QED) is 0.125. The summed E-state index contributed by atoms with van der Waals surface area (Å²) in [7, 11) is 0. The van der Waals surface area contributed by atoms with E-state index in [4.69, 9.17) is 15.7 Å². The molecule has 0 amide bonds. The Morgan fingerprint density at radius 3 is 2.04 bits per heavy atom. The van der Waals surface area contributed by atoms with Crippen LogP contribution in [0, 0.1) is 0 Å². The molecule has 0 aromatic rings. The molecule has 0 saturated carbocycles. The van der Waals surface area contributed by atoms with E-state index >= 15 is 0 Å². The Hall–Kier alpha value is -1.40. The van der Waals surface area contributed by atoms with Crippen molar-refractivity contribution in [2.45, 2.75) is 109 Å². The van der Waals surface area contributed by atoms with Gasteiger partial charge in [-0.05, 0) is 18.9 Å². The zero-order chi connectivity index (χ0) is 20.9. The van der Waals surface area contributed by atoms with E-state index in [-0.39, 0.29) is 19.4 Å². The van der Waals surface area contributed by atoms with Gasteiger partial charge in [0.2, 0.25) is 0 Å². The number of allylic oxidation sites excluding steroid dienone is 1. The lowest BCUT2D eigenvalue weighted by Gasteiger charge is -2.13. The number of hydrogen-bond donors (Lipinski definition) is 2. The number of carboxylic acids is 1. The van der Waals surface area contributed by atoms with Gasteiger partial charge in [0, 0.05) is 6.42 Å². The van der Waals surface area contributed by atoms with Gasteiger partial charge < -0.3 is 14.7 Å². The normalized spacial score (nSPS) is 12.4. The molecule has 0 saturated heterocycles. The van der Waals surface area contributed by atoms with Gasteiger partial charge in [-0.15, -0.1) is 0 Å². The third-order valence-corrected chi connectivity index (χ3v) is 4.67. The zero-order valence-electron chi connectivity index (χ0n) is 17.7. The molecule has 6 heteroatoms. The number of nitrogens with two attached hydrogens (primary N) is 1. The number of carboxylic acid groups (broad SMARTS) is 1. The standard InChI is InChI=1S/C22H41NO5/c1-2-3-4-5-6-7-8-9-10-11-12-13-14-15-20(18-19-27-23)28-22(26)17-16-21(24)25/h14-15,20H,2-13,16-19,23H2,1H3,(H,24,25)/b15-14+. The van der Waals surface area contributed by atoms with E-state index in [0.717, 1.165) is 12.8 Å². The molecule has 0 spiro atoms. The Balaban J connectivity index is 3.76. The highest BCUT2D eigenvalue weighted by molar-refractivity contribution is 5.76. The number of unbranched alkanes of at least 4 members (excludes halogenated alkanes) is 11. The van der Waals surface area contributed by atoms with E-state index in [1.54, 1.807) is 0 Å². The Bertz CT molecular complexity index is 412. The molecule has 0 aromatic heterocycles. The van der Waals surface area contributed by atoms with E-state index in [1.165, 1.54) is 64.2 Å². The van der Waals surface area contributed by atoms with Crippen LogP contribution in [0.5, 0.6) is 0 Å². The van der Waals surface area contributed by atoms with Crippen molar-refractivity contribution < 1.29 is 24.3 Å². The van der Waals surface area contributed by atoms with Crippen molar-refractivity contribution in [1.29, 1.82) is 0 Å². The summed E-state index contributed by atoms with van der Waals surface area (Å²) < 4.78 is 5.29. The fourth-order valence-electron chi connectivity index (χ4n) is 2.99. The molecule has 0 aliphatic carbocycles. The van der Waals surface area contributed by atoms with Crippen LogP contribution in [0.15, 0.2) is 12.2 Å². The summed E-state index contributed by atoms with van der Waals surface area (Å²) in [6, 6.07) is 0. The maximum atomic E-state index is 11.7. The molecule has 0 heterocycles. The van der Waals surface area contributed by atoms with Gasteiger partial charge in [-0.2, -0.15) is 0 Å². The Morgan fingerprint density at radius 1 is 0.929 bits per heavy atom. The molecule has 164 valence electrons. The molecular formula is C22H41NO5. The second-order valence-corrected chi connectivity index (χ2v) is 7.33. The van der Waals surface area contributed by atoms with Gasteiger partial charge in [0.15, 0.2) is 0 Å². The highest BCUT2D eigenvalue weighted by Gasteiger charge is 2.13. The summed E-state index contributed by atoms with van der Waals surface area (Å²) in [6.45, 7) is 2.53. The number of esters is 1. The second kappa shape index (κ2) is 20.3. The molecule has 3 N–H and O–H groups in total. The van der Waals surface area contributed by atoms with Crippen LogP contribution in [-0.2, 0) is 19.2 Å². The molecule has 1 atom stereocenters. The molecule has 0 rings (SSSR count). The minimum absolute atomic E-state index is 0.123. The number of rotatable bonds is 20. The molecule has 1 unspecified atom stereocenters. The fourth-order valence-corrected chi connectivity index (χ4v) is 2.99. The van der Waals surface area contributed by atoms with E-state index in [2.05, 4.69) is 11.8 Å². The molecular weight excluding hydrogens is 358 g/mol. The second-order valence-electron chi connectivity index (χ2n) is 7.33. The summed E-state index contributed by atoms with van der Waals surface area (Å²) >= 11 is 0. The summed E-state index contributed by atoms with van der Waals surface area (Å²) in [4.78, 5) is 26.7. The molecule has 0 radical (unpaired) electrons. The van der Waals surface area contributed by atoms with Gasteiger partial charge in [-0.1, -0.05) is 77.2 Å². The molecule has 0 aliphatic rings. The summed E-state index contributed by atoms with van der Waals surface area (Å²) in [5.74, 6) is 3.52. The molecule has 0 fully saturated rings. The molecule has 28 heavy (non-hydrogen) atoms. The van der Waals surface area contributed by atoms with Crippen LogP contribution >= 0.6 is 0 Å². The Labute approximate surface area is 170 Å². The first kappa shape index (κ1) is 26.6. The fraction of sp³-hybridized carbons (Fsp3) is 0.818. The van der Waals surface area contributed by atoms with E-state index < -0.39 is 18.0 Å². The molecule has 0 aliphatic heterocycles. The van der Waals surface area contributed by atoms with Crippen molar-refractivity contribution in [3.63, 3.8) is 0 Å². The van der Waals surface area contributed by atoms with Crippen molar-refractivity contribution >= 4 is 11.9 Å². The topological polar surface area (TPSA) is 98.9 Å². The van der Waals surface area contributed by atoms with Crippen LogP contribution in [0.1, 0.15) is 103 Å². The minimum Gasteiger partial charge on any atom is -0.481 e. The lowest BCUT2D eigenvalue weighted by molar-refractivity contribution is -0.150. The van der Waals surface area contributed by atoms with Gasteiger partial charge in [0.25, 0.3) is 0 Å². The summed E-state index contributed by atoms with van der Waals surface area (Å²) in [6.07, 6.45) is 19.0. The smallest absolute Gasteiger partial charge is 0.306 e. The first-order valence-electron chi connectivity index (χ1n) is 11.0. The lowest BCUT2D eigenvalue weighted by atomic mass is 10.1. The molecule has 6 nitrogen and oxygen atoms in total. The summed E-state index contributed by atoms with van der Waals surface area (Å²) in [5, 5.41) is 8.62. The highest BCUT2D eigenvalue weighted by Crippen LogP contribution is 2.12. The molecule has 0 aromatic carbocycles. The van der Waals surface area contributed by atoms with Gasteiger partial charge >= 0.3 is 11.9 Å². The first-order valence-corrected chi connectivity index (χ1v) is 11.0. The maximum Gasteiger partial charge on any atom is 0.306 e. The van der Waals surface area contributed by atoms with Crippen LogP contribution < -0.4 is 5.90 Å². The lowest BCUT2D eigenvalue weighted by Crippen LogP contribution is -2.19. The third kappa shape index (κ3) is 19.4. The zero-order valence-corrected chi connectivity index (χ0v) is 17.7. The van der Waals surface area contributed by atoms with Crippen molar-refractivity contribution in [2.75, 3.05) is 6.61 Å². The van der Waals surface area contributed by atoms with E-state index in [9.17, 15) is 9.59 Å². The van der Waals surface area contributed by atoms with Crippen LogP contribution in [-0.4, -0.2) is 29.8 Å². The van der Waals surface area contributed by atoms with Crippen molar-refractivity contribution in [3.8, 4) is 0 Å². The van der Waals surface area contributed by atoms with Crippen LogP contribution in [0.2, 0.25) is 0 Å². The Morgan fingerprint density at radius 2 is 1.50 bits per heavy atom. The number of ether oxygens (including phenoxy) is 1. The average Bonchev–Trinajstić information content (AvgIpc) is 2.67. The number of carbonyl (C=O) groups is 2. The summed E-state index contributed by atoms with van der Waals surface area (Å²) in [5.41, 5.74) is 0. The SMILES string of the molecule is CCCCCCCCCCCCC/C=C/C(CCON)OC(=O)CCC(=O)O. The monoisotopic (exact) mass is 399 g/mol. The van der Waals surface area contributed by atoms with Gasteiger partial charge in [0.1, 0.15) is 6.10 Å². The molecule has 0 bridgehead atoms. The Kier molecular flexibility index (Phi) is 19.3. The van der Waals surface area contributed by atoms with E-state index in [0.29, 0.717) is 6.42 Å². The number of aliphatic carboxylic acids is 1. The predicted octanol–water partition coefficient (Wildman–Crippen LogP) is 5.30. The van der Waals surface area contributed by atoms with Gasteiger partial charge in [0.05, 0.1) is 19.4 Å². The van der Waals surface area contributed by atoms with Crippen molar-refractivity contribution in [3.05, 3.63) is 12.2 Å². The largest absolute Gasteiger partial charge is 0.481 e. The average molecular weight is 400 g/mol. The van der Waals surface area contributed by atoms with Crippen molar-refractivity contribution in [1.82, 2.24) is 0 Å². The highest BCUT2D eigenvalue weighted by atomic mass is 16.6. The van der Waals surface area contributed by atoms with E-state index in [1.807, 2.05) is 12.2 Å². The maximum absolute atomic E-state index is 11.7. The van der Waals surface area contributed by atoms with Crippen LogP contribution in [0.25, 0.3) is 0 Å². The number of carbonyl (C=O) groups excluding carboxylic acids is 1. The first-order chi connectivity index (χ1) is 13.6. The van der Waals surface area contributed by atoms with Crippen LogP contribution in [0.4, 0.5) is 0 Å². The predicted molar refractivity (Wildman–Crippen MR) is 112 cm³/mol.